The highest BCUT2D eigenvalue weighted by atomic mass is 16.2. The van der Waals surface area contributed by atoms with Crippen molar-refractivity contribution in [2.45, 2.75) is 46.1 Å². The quantitative estimate of drug-likeness (QED) is 0.722. The predicted octanol–water partition coefficient (Wildman–Crippen LogP) is 3.94. The van der Waals surface area contributed by atoms with Crippen molar-refractivity contribution < 1.29 is 14.4 Å². The molecule has 2 aromatic rings. The summed E-state index contributed by atoms with van der Waals surface area (Å²) >= 11 is 0. The minimum atomic E-state index is -0.946. The Morgan fingerprint density at radius 1 is 1.14 bits per heavy atom. The third kappa shape index (κ3) is 4.11. The number of fused-ring (bicyclic) bond motifs is 1. The van der Waals surface area contributed by atoms with E-state index in [-0.39, 0.29) is 18.4 Å². The zero-order valence-electron chi connectivity index (χ0n) is 17.6. The molecule has 0 radical (unpaired) electrons. The van der Waals surface area contributed by atoms with Crippen molar-refractivity contribution in [3.8, 4) is 0 Å². The van der Waals surface area contributed by atoms with Crippen molar-refractivity contribution in [3.63, 3.8) is 0 Å². The number of anilines is 1. The average Bonchev–Trinajstić information content (AvgIpc) is 2.91. The summed E-state index contributed by atoms with van der Waals surface area (Å²) in [5.41, 5.74) is -0.164. The molecule has 29 heavy (non-hydrogen) atoms. The van der Waals surface area contributed by atoms with E-state index in [0.29, 0.717) is 18.9 Å². The molecule has 1 fully saturated rings. The van der Waals surface area contributed by atoms with Crippen molar-refractivity contribution in [1.82, 2.24) is 10.2 Å². The van der Waals surface area contributed by atoms with Crippen LogP contribution in [0.4, 0.5) is 10.5 Å². The summed E-state index contributed by atoms with van der Waals surface area (Å²) in [5, 5.41) is 4.78. The molecule has 0 bridgehead atoms. The van der Waals surface area contributed by atoms with Crippen LogP contribution in [0.15, 0.2) is 42.5 Å². The number of carbonyl (C=O) groups excluding carboxylic acids is 3. The van der Waals surface area contributed by atoms with Gasteiger partial charge in [0.1, 0.15) is 12.1 Å². The van der Waals surface area contributed by atoms with Crippen LogP contribution in [0.1, 0.15) is 40.5 Å². The first kappa shape index (κ1) is 20.8. The second kappa shape index (κ2) is 8.23. The highest BCUT2D eigenvalue weighted by Crippen LogP contribution is 2.28. The topological polar surface area (TPSA) is 69.7 Å². The molecule has 6 nitrogen and oxygen atoms in total. The molecule has 0 aliphatic carbocycles. The molecule has 1 aliphatic heterocycles. The average molecular weight is 396 g/mol. The lowest BCUT2D eigenvalue weighted by atomic mass is 9.92. The van der Waals surface area contributed by atoms with Crippen molar-refractivity contribution in [2.75, 3.05) is 18.0 Å². The van der Waals surface area contributed by atoms with Gasteiger partial charge in [-0.1, -0.05) is 50.2 Å². The van der Waals surface area contributed by atoms with Gasteiger partial charge in [-0.2, -0.15) is 0 Å². The van der Waals surface area contributed by atoms with Crippen LogP contribution in [0.25, 0.3) is 10.8 Å². The van der Waals surface area contributed by atoms with Crippen LogP contribution < -0.4 is 10.2 Å². The Morgan fingerprint density at radius 2 is 1.83 bits per heavy atom. The first-order valence-electron chi connectivity index (χ1n) is 10.2. The number of nitrogens with zero attached hydrogens (tertiary/aromatic N) is 2. The molecule has 4 amide bonds. The monoisotopic (exact) mass is 395 g/mol. The van der Waals surface area contributed by atoms with E-state index in [1.165, 1.54) is 0 Å². The zero-order valence-corrected chi connectivity index (χ0v) is 17.6. The lowest BCUT2D eigenvalue weighted by molar-refractivity contribution is -0.134. The summed E-state index contributed by atoms with van der Waals surface area (Å²) < 4.78 is 0. The number of rotatable bonds is 7. The van der Waals surface area contributed by atoms with Gasteiger partial charge in [-0.05, 0) is 44.1 Å². The standard InChI is InChI=1S/C23H29N3O3/c1-5-25(19-12-8-10-17-9-6-7-11-18(17)19)20(27)15-26-21(28)23(4,24-22(26)29)14-13-16(2)3/h6-12,16H,5,13-15H2,1-4H3,(H,24,29)/t23-/m0/s1. The number of likely N-dealkylation sites (N-methyl/N-ethyl adjacent to an activating group) is 1. The molecule has 3 rings (SSSR count). The summed E-state index contributed by atoms with van der Waals surface area (Å²) in [6.07, 6.45) is 1.38. The van der Waals surface area contributed by atoms with Crippen LogP contribution in [0.3, 0.4) is 0 Å². The van der Waals surface area contributed by atoms with E-state index < -0.39 is 11.6 Å². The number of benzene rings is 2. The number of carbonyl (C=O) groups is 3. The molecule has 1 heterocycles. The Hall–Kier alpha value is -2.89. The number of hydrogen-bond donors (Lipinski definition) is 1. The van der Waals surface area contributed by atoms with Crippen LogP contribution in [0, 0.1) is 5.92 Å². The molecule has 154 valence electrons. The predicted molar refractivity (Wildman–Crippen MR) is 115 cm³/mol. The largest absolute Gasteiger partial charge is 0.325 e. The number of amides is 4. The number of urea groups is 1. The van der Waals surface area contributed by atoms with E-state index in [0.717, 1.165) is 27.8 Å². The third-order valence-corrected chi connectivity index (χ3v) is 5.53. The van der Waals surface area contributed by atoms with Gasteiger partial charge in [-0.25, -0.2) is 4.79 Å². The molecule has 1 N–H and O–H groups in total. The zero-order chi connectivity index (χ0) is 21.2. The highest BCUT2D eigenvalue weighted by Gasteiger charge is 2.48. The van der Waals surface area contributed by atoms with E-state index in [2.05, 4.69) is 19.2 Å². The molecule has 0 saturated carbocycles. The SMILES string of the molecule is CCN(C(=O)CN1C(=O)N[C@@](C)(CCC(C)C)C1=O)c1cccc2ccccc12. The smallest absolute Gasteiger partial charge is 0.323 e. The maximum atomic E-state index is 13.1. The molecule has 6 heteroatoms. The summed E-state index contributed by atoms with van der Waals surface area (Å²) in [4.78, 5) is 41.2. The van der Waals surface area contributed by atoms with Crippen LogP contribution in [0.5, 0.6) is 0 Å². The summed E-state index contributed by atoms with van der Waals surface area (Å²) in [7, 11) is 0. The first-order chi connectivity index (χ1) is 13.8. The number of imide groups is 1. The van der Waals surface area contributed by atoms with E-state index >= 15 is 0 Å². The minimum Gasteiger partial charge on any atom is -0.323 e. The van der Waals surface area contributed by atoms with Crippen molar-refractivity contribution in [2.24, 2.45) is 5.92 Å². The molecule has 1 aliphatic rings. The Morgan fingerprint density at radius 3 is 2.52 bits per heavy atom. The lowest BCUT2D eigenvalue weighted by Crippen LogP contribution is -2.46. The molecule has 1 atom stereocenters. The third-order valence-electron chi connectivity index (χ3n) is 5.53. The van der Waals surface area contributed by atoms with E-state index in [9.17, 15) is 14.4 Å². The van der Waals surface area contributed by atoms with Gasteiger partial charge in [0, 0.05) is 11.9 Å². The summed E-state index contributed by atoms with van der Waals surface area (Å²) in [5.74, 6) is -0.180. The van der Waals surface area contributed by atoms with Crippen LogP contribution in [-0.2, 0) is 9.59 Å². The van der Waals surface area contributed by atoms with Crippen molar-refractivity contribution >= 4 is 34.3 Å². The molecule has 0 aromatic heterocycles. The minimum absolute atomic E-state index is 0.265. The molecular formula is C23H29N3O3. The fraction of sp³-hybridized carbons (Fsp3) is 0.435. The molecule has 2 aromatic carbocycles. The maximum Gasteiger partial charge on any atom is 0.325 e. The van der Waals surface area contributed by atoms with Gasteiger partial charge < -0.3 is 10.2 Å². The molecule has 1 saturated heterocycles. The lowest BCUT2D eigenvalue weighted by Gasteiger charge is -2.25. The van der Waals surface area contributed by atoms with Crippen LogP contribution in [-0.4, -0.2) is 41.4 Å². The van der Waals surface area contributed by atoms with Crippen molar-refractivity contribution in [3.05, 3.63) is 42.5 Å². The highest BCUT2D eigenvalue weighted by molar-refractivity contribution is 6.11. The van der Waals surface area contributed by atoms with Gasteiger partial charge in [0.2, 0.25) is 5.91 Å². The second-order valence-electron chi connectivity index (χ2n) is 8.22. The van der Waals surface area contributed by atoms with Gasteiger partial charge in [0.05, 0.1) is 5.69 Å². The Bertz CT molecular complexity index is 935. The number of hydrogen-bond acceptors (Lipinski definition) is 3. The van der Waals surface area contributed by atoms with Gasteiger partial charge in [0.15, 0.2) is 0 Å². The van der Waals surface area contributed by atoms with Gasteiger partial charge >= 0.3 is 6.03 Å². The Balaban J connectivity index is 1.81. The molecule has 0 unspecified atom stereocenters. The van der Waals surface area contributed by atoms with Crippen molar-refractivity contribution in [1.29, 1.82) is 0 Å². The molecule has 0 spiro atoms. The second-order valence-corrected chi connectivity index (χ2v) is 8.22. The fourth-order valence-corrected chi connectivity index (χ4v) is 3.78. The summed E-state index contributed by atoms with van der Waals surface area (Å²) in [6, 6.07) is 13.1. The van der Waals surface area contributed by atoms with Gasteiger partial charge in [0.25, 0.3) is 5.91 Å². The Labute approximate surface area is 171 Å². The molecular weight excluding hydrogens is 366 g/mol. The van der Waals surface area contributed by atoms with Crippen LogP contribution >= 0.6 is 0 Å². The first-order valence-corrected chi connectivity index (χ1v) is 10.2. The van der Waals surface area contributed by atoms with E-state index in [1.807, 2.05) is 49.4 Å². The van der Waals surface area contributed by atoms with Gasteiger partial charge in [-0.15, -0.1) is 0 Å². The van der Waals surface area contributed by atoms with E-state index in [1.54, 1.807) is 11.8 Å². The fourth-order valence-electron chi connectivity index (χ4n) is 3.78. The normalized spacial score (nSPS) is 19.1. The maximum absolute atomic E-state index is 13.1. The summed E-state index contributed by atoms with van der Waals surface area (Å²) in [6.45, 7) is 7.96. The Kier molecular flexibility index (Phi) is 5.91. The number of nitrogens with one attached hydrogen (secondary N) is 1. The van der Waals surface area contributed by atoms with Gasteiger partial charge in [-0.3, -0.25) is 14.5 Å². The van der Waals surface area contributed by atoms with E-state index in [4.69, 9.17) is 0 Å². The van der Waals surface area contributed by atoms with Crippen LogP contribution in [0.2, 0.25) is 0 Å².